The van der Waals surface area contributed by atoms with Gasteiger partial charge in [0.1, 0.15) is 0 Å². The summed E-state index contributed by atoms with van der Waals surface area (Å²) in [7, 11) is 0. The van der Waals surface area contributed by atoms with E-state index in [-0.39, 0.29) is 36.0 Å². The molecule has 0 aliphatic heterocycles. The SMILES string of the molecule is CCNC(=NCc1ccccc1COCC)NCC1(CCO)CCCCC1.I. The first kappa shape index (κ1) is 25.2. The first-order valence-electron chi connectivity index (χ1n) is 10.5. The van der Waals surface area contributed by atoms with Gasteiger partial charge in [0.25, 0.3) is 0 Å². The van der Waals surface area contributed by atoms with Crippen LogP contribution >= 0.6 is 24.0 Å². The molecule has 1 aliphatic carbocycles. The molecule has 1 saturated carbocycles. The second-order valence-corrected chi connectivity index (χ2v) is 7.49. The lowest BCUT2D eigenvalue weighted by Gasteiger charge is -2.37. The van der Waals surface area contributed by atoms with Crippen molar-refractivity contribution in [3.8, 4) is 0 Å². The Morgan fingerprint density at radius 2 is 1.82 bits per heavy atom. The maximum absolute atomic E-state index is 9.52. The van der Waals surface area contributed by atoms with Crippen molar-refractivity contribution in [1.29, 1.82) is 0 Å². The van der Waals surface area contributed by atoms with E-state index in [9.17, 15) is 5.11 Å². The molecule has 0 saturated heterocycles. The number of guanidine groups is 1. The van der Waals surface area contributed by atoms with Crippen molar-refractivity contribution in [1.82, 2.24) is 10.6 Å². The highest BCUT2D eigenvalue weighted by Gasteiger charge is 2.31. The van der Waals surface area contributed by atoms with Crippen molar-refractivity contribution in [2.75, 3.05) is 26.3 Å². The zero-order chi connectivity index (χ0) is 19.4. The zero-order valence-electron chi connectivity index (χ0n) is 17.5. The molecule has 28 heavy (non-hydrogen) atoms. The fourth-order valence-corrected chi connectivity index (χ4v) is 3.90. The van der Waals surface area contributed by atoms with E-state index in [1.807, 2.05) is 13.0 Å². The Labute approximate surface area is 187 Å². The van der Waals surface area contributed by atoms with E-state index in [1.54, 1.807) is 0 Å². The van der Waals surface area contributed by atoms with Gasteiger partial charge in [0.15, 0.2) is 5.96 Å². The van der Waals surface area contributed by atoms with Crippen molar-refractivity contribution in [3.63, 3.8) is 0 Å². The summed E-state index contributed by atoms with van der Waals surface area (Å²) in [5.41, 5.74) is 2.60. The normalized spacial score (nSPS) is 16.3. The Kier molecular flexibility index (Phi) is 12.7. The zero-order valence-corrected chi connectivity index (χ0v) is 19.8. The van der Waals surface area contributed by atoms with Gasteiger partial charge in [-0.25, -0.2) is 4.99 Å². The summed E-state index contributed by atoms with van der Waals surface area (Å²) >= 11 is 0. The first-order chi connectivity index (χ1) is 13.2. The van der Waals surface area contributed by atoms with E-state index in [0.717, 1.165) is 32.1 Å². The van der Waals surface area contributed by atoms with Crippen molar-refractivity contribution in [3.05, 3.63) is 35.4 Å². The quantitative estimate of drug-likeness (QED) is 0.254. The number of halogens is 1. The van der Waals surface area contributed by atoms with Crippen molar-refractivity contribution >= 4 is 29.9 Å². The molecule has 0 unspecified atom stereocenters. The van der Waals surface area contributed by atoms with E-state index in [1.165, 1.54) is 43.2 Å². The number of ether oxygens (including phenoxy) is 1. The lowest BCUT2D eigenvalue weighted by atomic mass is 9.72. The molecule has 0 atom stereocenters. The smallest absolute Gasteiger partial charge is 0.191 e. The van der Waals surface area contributed by atoms with Crippen LogP contribution in [0.5, 0.6) is 0 Å². The van der Waals surface area contributed by atoms with Gasteiger partial charge >= 0.3 is 0 Å². The van der Waals surface area contributed by atoms with E-state index in [2.05, 4.69) is 35.8 Å². The van der Waals surface area contributed by atoms with Crippen LogP contribution in [0, 0.1) is 5.41 Å². The number of rotatable bonds is 10. The monoisotopic (exact) mass is 503 g/mol. The van der Waals surface area contributed by atoms with Crippen molar-refractivity contribution < 1.29 is 9.84 Å². The number of hydrogen-bond donors (Lipinski definition) is 3. The Balaban J connectivity index is 0.00000392. The Hall–Kier alpha value is -0.860. The highest BCUT2D eigenvalue weighted by Crippen LogP contribution is 2.38. The van der Waals surface area contributed by atoms with Crippen molar-refractivity contribution in [2.45, 2.75) is 65.5 Å². The van der Waals surface area contributed by atoms with Gasteiger partial charge in [-0.2, -0.15) is 0 Å². The van der Waals surface area contributed by atoms with Crippen LogP contribution in [0.3, 0.4) is 0 Å². The summed E-state index contributed by atoms with van der Waals surface area (Å²) in [5, 5.41) is 16.4. The molecule has 1 aromatic carbocycles. The van der Waals surface area contributed by atoms with E-state index >= 15 is 0 Å². The molecular weight excluding hydrogens is 465 g/mol. The number of aliphatic hydroxyl groups is 1. The highest BCUT2D eigenvalue weighted by atomic mass is 127. The molecular formula is C22H38IN3O2. The van der Waals surface area contributed by atoms with Crippen LogP contribution in [0.1, 0.15) is 63.5 Å². The predicted molar refractivity (Wildman–Crippen MR) is 127 cm³/mol. The van der Waals surface area contributed by atoms with Gasteiger partial charge in [0.05, 0.1) is 13.2 Å². The van der Waals surface area contributed by atoms with E-state index < -0.39 is 0 Å². The number of nitrogens with one attached hydrogen (secondary N) is 2. The highest BCUT2D eigenvalue weighted by molar-refractivity contribution is 14.0. The molecule has 2 rings (SSSR count). The summed E-state index contributed by atoms with van der Waals surface area (Å²) in [6.45, 7) is 8.05. The van der Waals surface area contributed by atoms with Gasteiger partial charge in [-0.15, -0.1) is 24.0 Å². The predicted octanol–water partition coefficient (Wildman–Crippen LogP) is 4.23. The molecule has 0 bridgehead atoms. The molecule has 5 nitrogen and oxygen atoms in total. The Morgan fingerprint density at radius 3 is 2.46 bits per heavy atom. The molecule has 160 valence electrons. The number of aliphatic hydroxyl groups excluding tert-OH is 1. The lowest BCUT2D eigenvalue weighted by Crippen LogP contribution is -2.45. The molecule has 1 aliphatic rings. The number of aliphatic imine (C=N–C) groups is 1. The van der Waals surface area contributed by atoms with Crippen molar-refractivity contribution in [2.24, 2.45) is 10.4 Å². The number of benzene rings is 1. The summed E-state index contributed by atoms with van der Waals surface area (Å²) in [4.78, 5) is 4.80. The van der Waals surface area contributed by atoms with E-state index in [4.69, 9.17) is 9.73 Å². The van der Waals surface area contributed by atoms with Gasteiger partial charge in [-0.3, -0.25) is 0 Å². The van der Waals surface area contributed by atoms with Crippen LogP contribution in [0.4, 0.5) is 0 Å². The van der Waals surface area contributed by atoms with Crippen LogP contribution in [0.2, 0.25) is 0 Å². The van der Waals surface area contributed by atoms with Crippen LogP contribution in [-0.4, -0.2) is 37.4 Å². The Bertz CT molecular complexity index is 569. The first-order valence-corrected chi connectivity index (χ1v) is 10.5. The molecule has 0 amide bonds. The lowest BCUT2D eigenvalue weighted by molar-refractivity contribution is 0.131. The van der Waals surface area contributed by atoms with Crippen LogP contribution in [0.15, 0.2) is 29.3 Å². The average Bonchev–Trinajstić information content (AvgIpc) is 2.70. The summed E-state index contributed by atoms with van der Waals surface area (Å²) < 4.78 is 5.58. The molecule has 6 heteroatoms. The van der Waals surface area contributed by atoms with Gasteiger partial charge < -0.3 is 20.5 Å². The minimum Gasteiger partial charge on any atom is -0.396 e. The minimum atomic E-state index is 0. The maximum atomic E-state index is 9.52. The molecule has 1 fully saturated rings. The third-order valence-electron chi connectivity index (χ3n) is 5.52. The van der Waals surface area contributed by atoms with Gasteiger partial charge in [-0.1, -0.05) is 43.5 Å². The summed E-state index contributed by atoms with van der Waals surface area (Å²) in [6.07, 6.45) is 7.10. The second-order valence-electron chi connectivity index (χ2n) is 7.49. The van der Waals surface area contributed by atoms with Gasteiger partial charge in [0, 0.05) is 26.3 Å². The molecule has 3 N–H and O–H groups in total. The van der Waals surface area contributed by atoms with Gasteiger partial charge in [0.2, 0.25) is 0 Å². The fourth-order valence-electron chi connectivity index (χ4n) is 3.90. The number of hydrogen-bond acceptors (Lipinski definition) is 3. The summed E-state index contributed by atoms with van der Waals surface area (Å²) in [6, 6.07) is 8.33. The average molecular weight is 503 g/mol. The molecule has 0 radical (unpaired) electrons. The standard InChI is InChI=1S/C22H37N3O2.HI/c1-3-23-21(25-18-22(14-15-26)12-8-5-9-13-22)24-16-19-10-6-7-11-20(19)17-27-4-2;/h6-7,10-11,26H,3-5,8-9,12-18H2,1-2H3,(H2,23,24,25);1H. The van der Waals surface area contributed by atoms with E-state index in [0.29, 0.717) is 13.2 Å². The molecule has 0 aromatic heterocycles. The number of nitrogens with zero attached hydrogens (tertiary/aromatic N) is 1. The van der Waals surface area contributed by atoms with Crippen LogP contribution < -0.4 is 10.6 Å². The summed E-state index contributed by atoms with van der Waals surface area (Å²) in [5.74, 6) is 0.853. The largest absolute Gasteiger partial charge is 0.396 e. The minimum absolute atomic E-state index is 0. The van der Waals surface area contributed by atoms with Gasteiger partial charge in [-0.05, 0) is 49.7 Å². The third kappa shape index (κ3) is 8.25. The maximum Gasteiger partial charge on any atom is 0.191 e. The fraction of sp³-hybridized carbons (Fsp3) is 0.682. The Morgan fingerprint density at radius 1 is 1.11 bits per heavy atom. The van der Waals surface area contributed by atoms with Crippen LogP contribution in [-0.2, 0) is 17.9 Å². The van der Waals surface area contributed by atoms with Crippen LogP contribution in [0.25, 0.3) is 0 Å². The molecule has 0 spiro atoms. The second kappa shape index (κ2) is 14.2. The third-order valence-corrected chi connectivity index (χ3v) is 5.52. The topological polar surface area (TPSA) is 65.9 Å². The molecule has 0 heterocycles. The molecule has 1 aromatic rings.